The number of carboxylic acids is 1. The van der Waals surface area contributed by atoms with Crippen molar-refractivity contribution < 1.29 is 14.7 Å². The molecule has 0 saturated carbocycles. The van der Waals surface area contributed by atoms with E-state index in [4.69, 9.17) is 5.11 Å². The fourth-order valence-electron chi connectivity index (χ4n) is 2.63. The van der Waals surface area contributed by atoms with E-state index in [1.807, 2.05) is 12.1 Å². The summed E-state index contributed by atoms with van der Waals surface area (Å²) in [6.45, 7) is 2.50. The second-order valence-electron chi connectivity index (χ2n) is 5.19. The number of nitrogens with one attached hydrogen (secondary N) is 1. The molecule has 0 aromatic heterocycles. The van der Waals surface area contributed by atoms with E-state index in [-0.39, 0.29) is 11.8 Å². The molecule has 1 atom stereocenters. The van der Waals surface area contributed by atoms with E-state index in [2.05, 4.69) is 10.2 Å². The van der Waals surface area contributed by atoms with Crippen LogP contribution in [0.5, 0.6) is 0 Å². The zero-order valence-corrected chi connectivity index (χ0v) is 11.6. The minimum absolute atomic E-state index is 0.0621. The lowest BCUT2D eigenvalue weighted by atomic mass is 9.96. The van der Waals surface area contributed by atoms with Crippen LogP contribution in [0.2, 0.25) is 0 Å². The first-order valence-corrected chi connectivity index (χ1v) is 6.86. The Morgan fingerprint density at radius 2 is 2.05 bits per heavy atom. The summed E-state index contributed by atoms with van der Waals surface area (Å²) < 4.78 is 0. The fraction of sp³-hybridized carbons (Fsp3) is 0.467. The van der Waals surface area contributed by atoms with Crippen LogP contribution < -0.4 is 5.32 Å². The van der Waals surface area contributed by atoms with E-state index in [0.717, 1.165) is 38.0 Å². The van der Waals surface area contributed by atoms with Gasteiger partial charge in [-0.15, -0.1) is 0 Å². The van der Waals surface area contributed by atoms with Gasteiger partial charge in [0.15, 0.2) is 0 Å². The van der Waals surface area contributed by atoms with Crippen LogP contribution >= 0.6 is 0 Å². The Morgan fingerprint density at radius 3 is 2.65 bits per heavy atom. The first-order valence-electron chi connectivity index (χ1n) is 6.86. The van der Waals surface area contributed by atoms with Crippen molar-refractivity contribution >= 4 is 11.9 Å². The van der Waals surface area contributed by atoms with Gasteiger partial charge in [-0.05, 0) is 37.1 Å². The predicted octanol–water partition coefficient (Wildman–Crippen LogP) is 1.34. The summed E-state index contributed by atoms with van der Waals surface area (Å²) in [5.74, 6) is -0.739. The predicted molar refractivity (Wildman–Crippen MR) is 75.5 cm³/mol. The third kappa shape index (κ3) is 3.57. The van der Waals surface area contributed by atoms with Gasteiger partial charge < -0.3 is 10.4 Å². The molecular weight excluding hydrogens is 256 g/mol. The number of carbonyl (C=O) groups excluding carboxylic acids is 1. The van der Waals surface area contributed by atoms with Crippen molar-refractivity contribution in [3.63, 3.8) is 0 Å². The number of carbonyl (C=O) groups is 2. The van der Waals surface area contributed by atoms with Crippen molar-refractivity contribution in [3.05, 3.63) is 35.4 Å². The highest BCUT2D eigenvalue weighted by atomic mass is 16.4. The van der Waals surface area contributed by atoms with Crippen LogP contribution in [0.4, 0.5) is 0 Å². The van der Waals surface area contributed by atoms with Gasteiger partial charge in [-0.25, -0.2) is 4.79 Å². The van der Waals surface area contributed by atoms with E-state index in [9.17, 15) is 9.59 Å². The van der Waals surface area contributed by atoms with Crippen LogP contribution in [-0.2, 0) is 11.3 Å². The minimum atomic E-state index is -0.908. The zero-order valence-electron chi connectivity index (χ0n) is 11.6. The molecule has 108 valence electrons. The van der Waals surface area contributed by atoms with Gasteiger partial charge in [0.25, 0.3) is 0 Å². The quantitative estimate of drug-likeness (QED) is 0.870. The maximum absolute atomic E-state index is 11.7. The Morgan fingerprint density at radius 1 is 1.35 bits per heavy atom. The molecule has 2 N–H and O–H groups in total. The van der Waals surface area contributed by atoms with Gasteiger partial charge in [0.05, 0.1) is 11.5 Å². The van der Waals surface area contributed by atoms with Crippen LogP contribution in [0, 0.1) is 5.92 Å². The molecule has 1 aromatic carbocycles. The van der Waals surface area contributed by atoms with E-state index < -0.39 is 5.97 Å². The molecular formula is C15H20N2O3. The van der Waals surface area contributed by atoms with E-state index >= 15 is 0 Å². The number of amides is 1. The smallest absolute Gasteiger partial charge is 0.335 e. The van der Waals surface area contributed by atoms with Crippen LogP contribution in [0.15, 0.2) is 24.3 Å². The average molecular weight is 276 g/mol. The maximum Gasteiger partial charge on any atom is 0.335 e. The summed E-state index contributed by atoms with van der Waals surface area (Å²) in [5.41, 5.74) is 1.38. The third-order valence-electron chi connectivity index (χ3n) is 3.73. The van der Waals surface area contributed by atoms with Crippen molar-refractivity contribution in [3.8, 4) is 0 Å². The molecule has 0 aliphatic carbocycles. The van der Waals surface area contributed by atoms with Crippen LogP contribution in [0.1, 0.15) is 28.8 Å². The highest BCUT2D eigenvalue weighted by molar-refractivity contribution is 5.87. The molecule has 0 bridgehead atoms. The Hall–Kier alpha value is -1.88. The summed E-state index contributed by atoms with van der Waals surface area (Å²) in [6, 6.07) is 6.93. The molecule has 1 unspecified atom stereocenters. The maximum atomic E-state index is 11.7. The SMILES string of the molecule is CNC(=O)C1CCCN(Cc2ccc(C(=O)O)cc2)C1. The number of rotatable bonds is 4. The number of hydrogen-bond donors (Lipinski definition) is 2. The molecule has 5 heteroatoms. The second kappa shape index (κ2) is 6.52. The number of carboxylic acid groups (broad SMARTS) is 1. The van der Waals surface area contributed by atoms with Crippen LogP contribution in [0.25, 0.3) is 0 Å². The molecule has 1 saturated heterocycles. The summed E-state index contributed by atoms with van der Waals surface area (Å²) in [5, 5.41) is 11.6. The van der Waals surface area contributed by atoms with Crippen LogP contribution in [0.3, 0.4) is 0 Å². The van der Waals surface area contributed by atoms with Gasteiger partial charge in [-0.3, -0.25) is 9.69 Å². The number of piperidine rings is 1. The molecule has 20 heavy (non-hydrogen) atoms. The van der Waals surface area contributed by atoms with Crippen molar-refractivity contribution in [1.82, 2.24) is 10.2 Å². The highest BCUT2D eigenvalue weighted by Gasteiger charge is 2.24. The lowest BCUT2D eigenvalue weighted by molar-refractivity contribution is -0.126. The molecule has 1 fully saturated rings. The van der Waals surface area contributed by atoms with Gasteiger partial charge in [-0.2, -0.15) is 0 Å². The normalized spacial score (nSPS) is 19.6. The number of hydrogen-bond acceptors (Lipinski definition) is 3. The Balaban J connectivity index is 1.95. The van der Waals surface area contributed by atoms with Gasteiger partial charge in [0.1, 0.15) is 0 Å². The molecule has 0 radical (unpaired) electrons. The van der Waals surface area contributed by atoms with Gasteiger partial charge in [0.2, 0.25) is 5.91 Å². The number of benzene rings is 1. The Kier molecular flexibility index (Phi) is 4.74. The molecule has 1 aromatic rings. The molecule has 5 nitrogen and oxygen atoms in total. The molecule has 1 heterocycles. The van der Waals surface area contributed by atoms with Gasteiger partial charge >= 0.3 is 5.97 Å². The third-order valence-corrected chi connectivity index (χ3v) is 3.73. The lowest BCUT2D eigenvalue weighted by Crippen LogP contribution is -2.41. The van der Waals surface area contributed by atoms with E-state index in [1.165, 1.54) is 0 Å². The summed E-state index contributed by atoms with van der Waals surface area (Å²) in [6.07, 6.45) is 1.96. The topological polar surface area (TPSA) is 69.6 Å². The van der Waals surface area contributed by atoms with Gasteiger partial charge in [-0.1, -0.05) is 12.1 Å². The second-order valence-corrected chi connectivity index (χ2v) is 5.19. The summed E-state index contributed by atoms with van der Waals surface area (Å²) >= 11 is 0. The fourth-order valence-corrected chi connectivity index (χ4v) is 2.63. The Bertz CT molecular complexity index is 484. The van der Waals surface area contributed by atoms with Crippen molar-refractivity contribution in [2.24, 2.45) is 5.92 Å². The monoisotopic (exact) mass is 276 g/mol. The number of aromatic carboxylic acids is 1. The van der Waals surface area contributed by atoms with Gasteiger partial charge in [0, 0.05) is 20.1 Å². The van der Waals surface area contributed by atoms with E-state index in [0.29, 0.717) is 5.56 Å². The number of likely N-dealkylation sites (tertiary alicyclic amines) is 1. The standard InChI is InChI=1S/C15H20N2O3/c1-16-14(18)13-3-2-8-17(10-13)9-11-4-6-12(7-5-11)15(19)20/h4-7,13H,2-3,8-10H2,1H3,(H,16,18)(H,19,20). The summed E-state index contributed by atoms with van der Waals surface area (Å²) in [7, 11) is 1.67. The Labute approximate surface area is 118 Å². The lowest BCUT2D eigenvalue weighted by Gasteiger charge is -2.31. The first kappa shape index (κ1) is 14.5. The van der Waals surface area contributed by atoms with E-state index in [1.54, 1.807) is 19.2 Å². The highest BCUT2D eigenvalue weighted by Crippen LogP contribution is 2.19. The molecule has 1 aliphatic heterocycles. The first-order chi connectivity index (χ1) is 9.60. The average Bonchev–Trinajstić information content (AvgIpc) is 2.47. The minimum Gasteiger partial charge on any atom is -0.478 e. The molecule has 0 spiro atoms. The van der Waals surface area contributed by atoms with Crippen LogP contribution in [-0.4, -0.2) is 42.0 Å². The molecule has 1 amide bonds. The molecule has 2 rings (SSSR count). The largest absolute Gasteiger partial charge is 0.478 e. The molecule has 1 aliphatic rings. The van der Waals surface area contributed by atoms with Crippen molar-refractivity contribution in [2.45, 2.75) is 19.4 Å². The van der Waals surface area contributed by atoms with Crippen molar-refractivity contribution in [2.75, 3.05) is 20.1 Å². The number of nitrogens with zero attached hydrogens (tertiary/aromatic N) is 1. The zero-order chi connectivity index (χ0) is 14.5. The summed E-state index contributed by atoms with van der Waals surface area (Å²) in [4.78, 5) is 24.7. The van der Waals surface area contributed by atoms with Crippen molar-refractivity contribution in [1.29, 1.82) is 0 Å².